The second-order valence-corrected chi connectivity index (χ2v) is 11.6. The molecule has 1 spiro atoms. The Balaban J connectivity index is 1.42. The van der Waals surface area contributed by atoms with Gasteiger partial charge < -0.3 is 19.1 Å². The molecule has 0 radical (unpaired) electrons. The van der Waals surface area contributed by atoms with Gasteiger partial charge in [0.1, 0.15) is 23.1 Å². The number of esters is 1. The summed E-state index contributed by atoms with van der Waals surface area (Å²) >= 11 is 0. The molecule has 5 rings (SSSR count). The van der Waals surface area contributed by atoms with Gasteiger partial charge in [0.15, 0.2) is 0 Å². The third-order valence-electron chi connectivity index (χ3n) is 9.04. The number of aryl methyl sites for hydroxylation is 1. The number of aromatic nitrogens is 1. The van der Waals surface area contributed by atoms with Crippen molar-refractivity contribution in [2.45, 2.75) is 95.1 Å². The molecule has 1 aromatic carbocycles. The van der Waals surface area contributed by atoms with Crippen LogP contribution in [0.1, 0.15) is 88.3 Å². The third-order valence-corrected chi connectivity index (χ3v) is 9.04. The summed E-state index contributed by atoms with van der Waals surface area (Å²) in [5, 5.41) is 1.06. The molecule has 3 atom stereocenters. The topological polar surface area (TPSA) is 78.0 Å². The van der Waals surface area contributed by atoms with Crippen LogP contribution in [-0.2, 0) is 20.7 Å². The number of carbonyl (C=O) groups excluding carboxylic acids is 2. The van der Waals surface area contributed by atoms with Crippen LogP contribution in [0, 0.1) is 5.92 Å². The summed E-state index contributed by atoms with van der Waals surface area (Å²) in [5.74, 6) is 1.53. The molecule has 2 aromatic rings. The molecule has 2 aliphatic heterocycles. The van der Waals surface area contributed by atoms with Gasteiger partial charge >= 0.3 is 5.97 Å². The predicted molar refractivity (Wildman–Crippen MR) is 151 cm³/mol. The number of nitrogens with zero attached hydrogens (tertiary/aromatic N) is 2. The minimum Gasteiger partial charge on any atom is -0.497 e. The van der Waals surface area contributed by atoms with Gasteiger partial charge in [0.25, 0.3) is 0 Å². The first-order chi connectivity index (χ1) is 18.9. The van der Waals surface area contributed by atoms with Gasteiger partial charge in [-0.15, -0.1) is 6.58 Å². The first-order valence-corrected chi connectivity index (χ1v) is 14.6. The molecule has 39 heavy (non-hydrogen) atoms. The summed E-state index contributed by atoms with van der Waals surface area (Å²) in [4.78, 5) is 33.4. The van der Waals surface area contributed by atoms with Crippen LogP contribution < -0.4 is 9.47 Å². The Kier molecular flexibility index (Phi) is 8.15. The molecule has 1 saturated carbocycles. The smallest absolute Gasteiger partial charge is 0.328 e. The lowest BCUT2D eigenvalue weighted by molar-refractivity contribution is -0.152. The van der Waals surface area contributed by atoms with Crippen molar-refractivity contribution in [3.8, 4) is 11.5 Å². The Morgan fingerprint density at radius 3 is 2.77 bits per heavy atom. The molecule has 210 valence electrons. The largest absolute Gasteiger partial charge is 0.497 e. The van der Waals surface area contributed by atoms with Gasteiger partial charge in [0, 0.05) is 29.2 Å². The Bertz CT molecular complexity index is 1240. The molecule has 1 amide bonds. The molecule has 3 heterocycles. The van der Waals surface area contributed by atoms with Crippen LogP contribution in [0.4, 0.5) is 0 Å². The molecule has 7 nitrogen and oxygen atoms in total. The van der Waals surface area contributed by atoms with E-state index < -0.39 is 11.6 Å². The van der Waals surface area contributed by atoms with E-state index in [-0.39, 0.29) is 17.8 Å². The van der Waals surface area contributed by atoms with Gasteiger partial charge in [0.2, 0.25) is 5.91 Å². The van der Waals surface area contributed by atoms with E-state index >= 15 is 0 Å². The van der Waals surface area contributed by atoms with Crippen LogP contribution in [0.3, 0.4) is 0 Å². The summed E-state index contributed by atoms with van der Waals surface area (Å²) in [6, 6.07) is 5.40. The number of ether oxygens (including phenoxy) is 3. The number of rotatable bonds is 10. The van der Waals surface area contributed by atoms with Gasteiger partial charge in [-0.25, -0.2) is 9.78 Å². The minimum absolute atomic E-state index is 0.0148. The zero-order chi connectivity index (χ0) is 27.6. The molecule has 1 saturated heterocycles. The number of benzene rings is 1. The van der Waals surface area contributed by atoms with Crippen LogP contribution in [0.2, 0.25) is 0 Å². The van der Waals surface area contributed by atoms with E-state index in [1.54, 1.807) is 12.0 Å². The number of methoxy groups -OCH3 is 2. The van der Waals surface area contributed by atoms with Crippen molar-refractivity contribution in [3.63, 3.8) is 0 Å². The molecule has 0 bridgehead atoms. The van der Waals surface area contributed by atoms with E-state index in [1.165, 1.54) is 19.1 Å². The molecular weight excluding hydrogens is 492 g/mol. The number of carbonyl (C=O) groups is 2. The standard InChI is InChI=1S/C32H42N2O5/c1-5-6-7-8-9-11-21(2)30(35)34-20-32(19-27(34)31(36)38-4)17-16-24-25-18-23(37-3)14-15-26(25)33-28(29(24)39-32)22-12-10-13-22/h5,14-15,18,21-22,27H,1,6-13,16-17,19-20H2,2-4H3/t21-,27-,32+/m0/s1. The van der Waals surface area contributed by atoms with E-state index in [2.05, 4.69) is 6.58 Å². The van der Waals surface area contributed by atoms with Gasteiger partial charge in [-0.2, -0.15) is 0 Å². The Hall–Kier alpha value is -3.09. The van der Waals surface area contributed by atoms with Crippen molar-refractivity contribution >= 4 is 22.8 Å². The molecule has 0 N–H and O–H groups in total. The van der Waals surface area contributed by atoms with E-state index in [0.29, 0.717) is 18.9 Å². The predicted octanol–water partition coefficient (Wildman–Crippen LogP) is 6.12. The van der Waals surface area contributed by atoms with Gasteiger partial charge in [-0.1, -0.05) is 32.3 Å². The monoisotopic (exact) mass is 534 g/mol. The van der Waals surface area contributed by atoms with Gasteiger partial charge in [-0.3, -0.25) is 4.79 Å². The highest BCUT2D eigenvalue weighted by atomic mass is 16.5. The highest BCUT2D eigenvalue weighted by molar-refractivity contribution is 5.88. The maximum Gasteiger partial charge on any atom is 0.328 e. The number of likely N-dealkylation sites (tertiary alicyclic amines) is 1. The molecular formula is C32H42N2O5. The maximum atomic E-state index is 13.7. The molecule has 7 heteroatoms. The minimum atomic E-state index is -0.632. The van der Waals surface area contributed by atoms with Crippen molar-refractivity contribution in [2.24, 2.45) is 5.92 Å². The number of pyridine rings is 1. The molecule has 0 unspecified atom stereocenters. The first-order valence-electron chi connectivity index (χ1n) is 14.6. The van der Waals surface area contributed by atoms with Crippen LogP contribution in [0.25, 0.3) is 10.9 Å². The quantitative estimate of drug-likeness (QED) is 0.208. The van der Waals surface area contributed by atoms with E-state index in [9.17, 15) is 9.59 Å². The summed E-state index contributed by atoms with van der Waals surface area (Å²) in [5.41, 5.74) is 2.53. The van der Waals surface area contributed by atoms with E-state index in [1.807, 2.05) is 31.2 Å². The Morgan fingerprint density at radius 1 is 1.26 bits per heavy atom. The summed E-state index contributed by atoms with van der Waals surface area (Å²) in [7, 11) is 3.07. The van der Waals surface area contributed by atoms with Crippen molar-refractivity contribution in [1.29, 1.82) is 0 Å². The Labute approximate surface area is 231 Å². The fourth-order valence-corrected chi connectivity index (χ4v) is 6.48. The Morgan fingerprint density at radius 2 is 2.08 bits per heavy atom. The van der Waals surface area contributed by atoms with Crippen molar-refractivity contribution < 1.29 is 23.8 Å². The highest BCUT2D eigenvalue weighted by Crippen LogP contribution is 2.49. The molecule has 2 fully saturated rings. The number of hydrogen-bond donors (Lipinski definition) is 0. The van der Waals surface area contributed by atoms with Gasteiger partial charge in [-0.05, 0) is 63.1 Å². The highest BCUT2D eigenvalue weighted by Gasteiger charge is 2.53. The normalized spacial score (nSPS) is 23.2. The first kappa shape index (κ1) is 27.5. The van der Waals surface area contributed by atoms with E-state index in [0.717, 1.165) is 85.9 Å². The van der Waals surface area contributed by atoms with Crippen molar-refractivity contribution in [2.75, 3.05) is 20.8 Å². The zero-order valence-corrected chi connectivity index (χ0v) is 23.7. The summed E-state index contributed by atoms with van der Waals surface area (Å²) in [6.07, 6.45) is 12.3. The number of hydrogen-bond acceptors (Lipinski definition) is 6. The third kappa shape index (κ3) is 5.37. The van der Waals surface area contributed by atoms with Gasteiger partial charge in [0.05, 0.1) is 32.0 Å². The van der Waals surface area contributed by atoms with E-state index in [4.69, 9.17) is 19.2 Å². The number of fused-ring (bicyclic) bond motifs is 3. The number of allylic oxidation sites excluding steroid dienone is 1. The second-order valence-electron chi connectivity index (χ2n) is 11.6. The van der Waals surface area contributed by atoms with Crippen LogP contribution in [0.5, 0.6) is 11.5 Å². The molecule has 3 aliphatic rings. The van der Waals surface area contributed by atoms with Crippen LogP contribution >= 0.6 is 0 Å². The SMILES string of the molecule is C=CCCCCC[C@H](C)C(=O)N1C[C@@]2(CCc3c(c(C4CCC4)nc4ccc(OC)cc34)O2)C[C@H]1C(=O)OC. The number of amides is 1. The van der Waals surface area contributed by atoms with Crippen molar-refractivity contribution in [3.05, 3.63) is 42.1 Å². The van der Waals surface area contributed by atoms with Crippen LogP contribution in [-0.4, -0.2) is 54.2 Å². The fraction of sp³-hybridized carbons (Fsp3) is 0.594. The molecule has 1 aliphatic carbocycles. The zero-order valence-electron chi connectivity index (χ0n) is 23.7. The average Bonchev–Trinajstić information content (AvgIpc) is 3.29. The second kappa shape index (κ2) is 11.6. The maximum absolute atomic E-state index is 13.7. The lowest BCUT2D eigenvalue weighted by Crippen LogP contribution is -2.46. The number of unbranched alkanes of at least 4 members (excludes halogenated alkanes) is 3. The fourth-order valence-electron chi connectivity index (χ4n) is 6.48. The lowest BCUT2D eigenvalue weighted by Gasteiger charge is -2.39. The summed E-state index contributed by atoms with van der Waals surface area (Å²) in [6.45, 7) is 6.15. The van der Waals surface area contributed by atoms with Crippen LogP contribution in [0.15, 0.2) is 30.9 Å². The summed E-state index contributed by atoms with van der Waals surface area (Å²) < 4.78 is 17.6. The lowest BCUT2D eigenvalue weighted by atomic mass is 9.79. The van der Waals surface area contributed by atoms with Crippen molar-refractivity contribution in [1.82, 2.24) is 9.88 Å². The average molecular weight is 535 g/mol. The molecule has 1 aromatic heterocycles.